The van der Waals surface area contributed by atoms with Crippen LogP contribution in [0, 0.1) is 0 Å². The maximum Gasteiger partial charge on any atom is 0.420 e. The summed E-state index contributed by atoms with van der Waals surface area (Å²) in [6.45, 7) is 0.0668. The van der Waals surface area contributed by atoms with Gasteiger partial charge in [0.2, 0.25) is 0 Å². The molecule has 5 nitrogen and oxygen atoms in total. The van der Waals surface area contributed by atoms with Crippen LogP contribution in [0.15, 0.2) is 6.07 Å². The third-order valence-corrected chi connectivity index (χ3v) is 3.82. The van der Waals surface area contributed by atoms with Crippen LogP contribution in [0.5, 0.6) is 11.5 Å². The highest BCUT2D eigenvalue weighted by atomic mass is 19.4. The van der Waals surface area contributed by atoms with E-state index in [1.165, 1.54) is 14.2 Å². The van der Waals surface area contributed by atoms with Gasteiger partial charge in [-0.1, -0.05) is 0 Å². The van der Waals surface area contributed by atoms with Gasteiger partial charge in [0.05, 0.1) is 34.0 Å². The maximum atomic E-state index is 13.8. The van der Waals surface area contributed by atoms with Crippen molar-refractivity contribution < 1.29 is 37.2 Å². The zero-order valence-electron chi connectivity index (χ0n) is 13.6. The van der Waals surface area contributed by atoms with Gasteiger partial charge < -0.3 is 24.1 Å². The Bertz CT molecular complexity index is 560. The minimum atomic E-state index is -4.63. The standard InChI is InChI=1S/C16H21F3O5/c1-21-11-8-10-4-3-6-24-12(9-23-7-5-20)13(10)14(15(11)22-2)16(17,18)19/h8,12,20H,3-7,9H2,1-2H3. The average Bonchev–Trinajstić information content (AvgIpc) is 2.74. The Morgan fingerprint density at radius 1 is 1.29 bits per heavy atom. The lowest BCUT2D eigenvalue weighted by molar-refractivity contribution is -0.141. The highest BCUT2D eigenvalue weighted by Crippen LogP contribution is 2.48. The fourth-order valence-electron chi connectivity index (χ4n) is 2.88. The minimum absolute atomic E-state index is 0.0237. The molecule has 0 amide bonds. The molecule has 1 unspecified atom stereocenters. The van der Waals surface area contributed by atoms with E-state index in [0.29, 0.717) is 25.0 Å². The van der Waals surface area contributed by atoms with Gasteiger partial charge in [0.15, 0.2) is 11.5 Å². The van der Waals surface area contributed by atoms with Crippen molar-refractivity contribution in [1.82, 2.24) is 0 Å². The quantitative estimate of drug-likeness (QED) is 0.800. The van der Waals surface area contributed by atoms with Gasteiger partial charge in [0.1, 0.15) is 11.7 Å². The highest BCUT2D eigenvalue weighted by molar-refractivity contribution is 5.57. The van der Waals surface area contributed by atoms with E-state index in [4.69, 9.17) is 24.1 Å². The number of ether oxygens (including phenoxy) is 4. The van der Waals surface area contributed by atoms with Crippen LogP contribution in [-0.2, 0) is 22.1 Å². The minimum Gasteiger partial charge on any atom is -0.493 e. The first-order chi connectivity index (χ1) is 11.4. The van der Waals surface area contributed by atoms with E-state index in [-0.39, 0.29) is 36.9 Å². The number of hydrogen-bond acceptors (Lipinski definition) is 5. The molecule has 0 radical (unpaired) electrons. The number of benzene rings is 1. The summed E-state index contributed by atoms with van der Waals surface area (Å²) in [6.07, 6.45) is -4.48. The van der Waals surface area contributed by atoms with Crippen LogP contribution in [0.25, 0.3) is 0 Å². The van der Waals surface area contributed by atoms with Crippen LogP contribution in [0.1, 0.15) is 29.2 Å². The van der Waals surface area contributed by atoms with Crippen LogP contribution in [0.3, 0.4) is 0 Å². The first-order valence-electron chi connectivity index (χ1n) is 7.59. The summed E-state index contributed by atoms with van der Waals surface area (Å²) in [5, 5.41) is 8.80. The molecule has 0 saturated heterocycles. The summed E-state index contributed by atoms with van der Waals surface area (Å²) < 4.78 is 62.2. The molecular formula is C16H21F3O5. The summed E-state index contributed by atoms with van der Waals surface area (Å²) in [6, 6.07) is 1.57. The number of aryl methyl sites for hydroxylation is 1. The second-order valence-electron chi connectivity index (χ2n) is 5.32. The smallest absolute Gasteiger partial charge is 0.420 e. The lowest BCUT2D eigenvalue weighted by atomic mass is 9.92. The predicted molar refractivity (Wildman–Crippen MR) is 79.5 cm³/mol. The van der Waals surface area contributed by atoms with Crippen molar-refractivity contribution in [1.29, 1.82) is 0 Å². The number of rotatable bonds is 6. The fraction of sp³-hybridized carbons (Fsp3) is 0.625. The van der Waals surface area contributed by atoms with Crippen LogP contribution in [0.4, 0.5) is 13.2 Å². The predicted octanol–water partition coefficient (Wildman–Crippen LogP) is 2.74. The summed E-state index contributed by atoms with van der Waals surface area (Å²) in [4.78, 5) is 0. The number of halogens is 3. The number of fused-ring (bicyclic) bond motifs is 1. The largest absolute Gasteiger partial charge is 0.493 e. The maximum absolute atomic E-state index is 13.8. The van der Waals surface area contributed by atoms with Crippen molar-refractivity contribution in [3.05, 3.63) is 22.8 Å². The highest BCUT2D eigenvalue weighted by Gasteiger charge is 2.42. The Hall–Kier alpha value is -1.51. The molecule has 1 heterocycles. The fourth-order valence-corrected chi connectivity index (χ4v) is 2.88. The van der Waals surface area contributed by atoms with Gasteiger partial charge in [-0.2, -0.15) is 13.2 Å². The van der Waals surface area contributed by atoms with Crippen molar-refractivity contribution in [3.8, 4) is 11.5 Å². The molecule has 24 heavy (non-hydrogen) atoms. The number of alkyl halides is 3. The first-order valence-corrected chi connectivity index (χ1v) is 7.59. The summed E-state index contributed by atoms with van der Waals surface area (Å²) >= 11 is 0. The molecule has 1 aliphatic rings. The Morgan fingerprint density at radius 2 is 2.04 bits per heavy atom. The molecule has 1 N–H and O–H groups in total. The van der Waals surface area contributed by atoms with Gasteiger partial charge in [-0.25, -0.2) is 0 Å². The van der Waals surface area contributed by atoms with Crippen molar-refractivity contribution in [2.45, 2.75) is 25.1 Å². The third-order valence-electron chi connectivity index (χ3n) is 3.82. The topological polar surface area (TPSA) is 57.2 Å². The van der Waals surface area contributed by atoms with Gasteiger partial charge in [0, 0.05) is 12.2 Å². The molecule has 0 saturated carbocycles. The SMILES string of the molecule is COc1cc2c(c(C(F)(F)F)c1OC)C(COCCO)OCCC2. The van der Waals surface area contributed by atoms with E-state index in [0.717, 1.165) is 0 Å². The molecular weight excluding hydrogens is 329 g/mol. The van der Waals surface area contributed by atoms with Gasteiger partial charge in [0.25, 0.3) is 0 Å². The van der Waals surface area contributed by atoms with Gasteiger partial charge in [-0.15, -0.1) is 0 Å². The number of aliphatic hydroxyl groups excluding tert-OH is 1. The van der Waals surface area contributed by atoms with Crippen LogP contribution >= 0.6 is 0 Å². The number of aliphatic hydroxyl groups is 1. The molecule has 0 fully saturated rings. The second kappa shape index (κ2) is 8.04. The monoisotopic (exact) mass is 350 g/mol. The molecule has 1 aromatic carbocycles. The van der Waals surface area contributed by atoms with E-state index in [9.17, 15) is 13.2 Å². The zero-order chi connectivity index (χ0) is 17.7. The van der Waals surface area contributed by atoms with E-state index < -0.39 is 17.8 Å². The summed E-state index contributed by atoms with van der Waals surface area (Å²) in [5.74, 6) is -0.318. The Balaban J connectivity index is 2.60. The number of hydrogen-bond donors (Lipinski definition) is 1. The molecule has 136 valence electrons. The van der Waals surface area contributed by atoms with Gasteiger partial charge >= 0.3 is 6.18 Å². The molecule has 2 rings (SSSR count). The van der Waals surface area contributed by atoms with Crippen molar-refractivity contribution in [2.75, 3.05) is 40.6 Å². The third kappa shape index (κ3) is 3.93. The van der Waals surface area contributed by atoms with Crippen LogP contribution in [0.2, 0.25) is 0 Å². The van der Waals surface area contributed by atoms with Crippen LogP contribution in [-0.4, -0.2) is 45.8 Å². The first kappa shape index (κ1) is 18.8. The van der Waals surface area contributed by atoms with Crippen LogP contribution < -0.4 is 9.47 Å². The Morgan fingerprint density at radius 3 is 2.62 bits per heavy atom. The van der Waals surface area contributed by atoms with E-state index in [2.05, 4.69) is 0 Å². The molecule has 0 aliphatic carbocycles. The lowest BCUT2D eigenvalue weighted by Gasteiger charge is -2.25. The Kier molecular flexibility index (Phi) is 6.31. The summed E-state index contributed by atoms with van der Waals surface area (Å²) in [5.41, 5.74) is -0.357. The van der Waals surface area contributed by atoms with Crippen molar-refractivity contribution in [2.24, 2.45) is 0 Å². The average molecular weight is 350 g/mol. The van der Waals surface area contributed by atoms with Gasteiger partial charge in [-0.05, 0) is 24.5 Å². The molecule has 0 spiro atoms. The lowest BCUT2D eigenvalue weighted by Crippen LogP contribution is -2.20. The molecule has 0 bridgehead atoms. The number of methoxy groups -OCH3 is 2. The molecule has 8 heteroatoms. The second-order valence-corrected chi connectivity index (χ2v) is 5.32. The summed E-state index contributed by atoms with van der Waals surface area (Å²) in [7, 11) is 2.48. The van der Waals surface area contributed by atoms with E-state index in [1.54, 1.807) is 6.07 Å². The van der Waals surface area contributed by atoms with Gasteiger partial charge in [-0.3, -0.25) is 0 Å². The zero-order valence-corrected chi connectivity index (χ0v) is 13.6. The van der Waals surface area contributed by atoms with E-state index in [1.807, 2.05) is 0 Å². The molecule has 1 aliphatic heterocycles. The van der Waals surface area contributed by atoms with E-state index >= 15 is 0 Å². The van der Waals surface area contributed by atoms with Crippen molar-refractivity contribution >= 4 is 0 Å². The normalized spacial score (nSPS) is 18.0. The molecule has 1 aromatic rings. The molecule has 1 atom stereocenters. The van der Waals surface area contributed by atoms with Crippen molar-refractivity contribution in [3.63, 3.8) is 0 Å². The Labute approximate surface area is 138 Å². The molecule has 0 aromatic heterocycles.